The molecule has 0 saturated heterocycles. The standard InChI is InChI=1S/C26H30N2O4/c1-2-3-18-4-9-20(10-5-18)26(30)32-23-12-6-19(7-13-23)8-15-25(29)31-17-21-16-22(27)11-14-24(21)28/h2,6-8,11-16,18,20H,1,3-5,9-10,17,27-28H2/b15-8+. The molecule has 1 saturated carbocycles. The quantitative estimate of drug-likeness (QED) is 0.201. The lowest BCUT2D eigenvalue weighted by atomic mass is 9.80. The first-order valence-corrected chi connectivity index (χ1v) is 10.9. The first-order valence-electron chi connectivity index (χ1n) is 10.9. The molecular weight excluding hydrogens is 404 g/mol. The summed E-state index contributed by atoms with van der Waals surface area (Å²) in [7, 11) is 0. The van der Waals surface area contributed by atoms with Gasteiger partial charge in [-0.05, 0) is 80.0 Å². The van der Waals surface area contributed by atoms with Gasteiger partial charge in [-0.3, -0.25) is 4.79 Å². The lowest BCUT2D eigenvalue weighted by Crippen LogP contribution is -2.25. The summed E-state index contributed by atoms with van der Waals surface area (Å²) in [5, 5.41) is 0. The lowest BCUT2D eigenvalue weighted by Gasteiger charge is -2.26. The molecule has 2 aromatic rings. The molecule has 1 aliphatic carbocycles. The van der Waals surface area contributed by atoms with Gasteiger partial charge in [0.2, 0.25) is 0 Å². The number of carbonyl (C=O) groups excluding carboxylic acids is 2. The van der Waals surface area contributed by atoms with Crippen LogP contribution in [0.5, 0.6) is 5.75 Å². The van der Waals surface area contributed by atoms with Crippen LogP contribution in [0, 0.1) is 11.8 Å². The molecule has 4 N–H and O–H groups in total. The van der Waals surface area contributed by atoms with E-state index in [0.717, 1.165) is 37.7 Å². The van der Waals surface area contributed by atoms with Crippen LogP contribution >= 0.6 is 0 Å². The lowest BCUT2D eigenvalue weighted by molar-refractivity contribution is -0.140. The van der Waals surface area contributed by atoms with Crippen LogP contribution in [0.15, 0.2) is 61.2 Å². The SMILES string of the molecule is C=CCC1CCC(C(=O)Oc2ccc(/C=C/C(=O)OCc3cc(N)ccc3N)cc2)CC1. The number of nitrogens with two attached hydrogens (primary N) is 2. The highest BCUT2D eigenvalue weighted by molar-refractivity contribution is 5.87. The molecule has 1 aliphatic rings. The zero-order chi connectivity index (χ0) is 22.9. The van der Waals surface area contributed by atoms with E-state index in [1.165, 1.54) is 6.08 Å². The molecular formula is C26H30N2O4. The molecule has 2 aromatic carbocycles. The predicted octanol–water partition coefficient (Wildman–Crippen LogP) is 4.90. The Morgan fingerprint density at radius 1 is 1.03 bits per heavy atom. The molecule has 0 unspecified atom stereocenters. The van der Waals surface area contributed by atoms with Gasteiger partial charge < -0.3 is 20.9 Å². The van der Waals surface area contributed by atoms with E-state index in [0.29, 0.717) is 28.6 Å². The van der Waals surface area contributed by atoms with Crippen molar-refractivity contribution in [3.8, 4) is 5.75 Å². The number of rotatable bonds is 8. The smallest absolute Gasteiger partial charge is 0.331 e. The van der Waals surface area contributed by atoms with Gasteiger partial charge in [0.25, 0.3) is 0 Å². The van der Waals surface area contributed by atoms with Gasteiger partial charge in [0.1, 0.15) is 12.4 Å². The summed E-state index contributed by atoms with van der Waals surface area (Å²) in [5.74, 6) is 0.432. The summed E-state index contributed by atoms with van der Waals surface area (Å²) in [6.07, 6.45) is 9.74. The molecule has 0 bridgehead atoms. The van der Waals surface area contributed by atoms with Crippen LogP contribution in [-0.4, -0.2) is 11.9 Å². The van der Waals surface area contributed by atoms with Crippen LogP contribution in [0.25, 0.3) is 6.08 Å². The largest absolute Gasteiger partial charge is 0.458 e. The number of benzene rings is 2. The van der Waals surface area contributed by atoms with Crippen molar-refractivity contribution in [2.24, 2.45) is 11.8 Å². The van der Waals surface area contributed by atoms with Crippen LogP contribution in [-0.2, 0) is 20.9 Å². The van der Waals surface area contributed by atoms with Crippen molar-refractivity contribution in [1.82, 2.24) is 0 Å². The molecule has 0 radical (unpaired) electrons. The third-order valence-electron chi connectivity index (χ3n) is 5.73. The number of esters is 2. The van der Waals surface area contributed by atoms with E-state index in [9.17, 15) is 9.59 Å². The summed E-state index contributed by atoms with van der Waals surface area (Å²) in [6.45, 7) is 3.84. The van der Waals surface area contributed by atoms with Crippen molar-refractivity contribution < 1.29 is 19.1 Å². The molecule has 0 aliphatic heterocycles. The second-order valence-electron chi connectivity index (χ2n) is 8.13. The first kappa shape index (κ1) is 23.1. The average Bonchev–Trinajstić information content (AvgIpc) is 2.80. The summed E-state index contributed by atoms with van der Waals surface area (Å²) in [6, 6.07) is 12.1. The van der Waals surface area contributed by atoms with E-state index in [1.54, 1.807) is 48.5 Å². The fourth-order valence-corrected chi connectivity index (χ4v) is 3.83. The molecule has 3 rings (SSSR count). The second kappa shape index (κ2) is 11.2. The van der Waals surface area contributed by atoms with Crippen molar-refractivity contribution >= 4 is 29.4 Å². The summed E-state index contributed by atoms with van der Waals surface area (Å²) in [5.41, 5.74) is 14.1. The van der Waals surface area contributed by atoms with Gasteiger partial charge in [-0.2, -0.15) is 0 Å². The Kier molecular flexibility index (Phi) is 8.08. The third kappa shape index (κ3) is 6.74. The minimum atomic E-state index is -0.491. The fraction of sp³-hybridized carbons (Fsp3) is 0.308. The highest BCUT2D eigenvalue weighted by Gasteiger charge is 2.27. The van der Waals surface area contributed by atoms with Gasteiger partial charge in [0.05, 0.1) is 5.92 Å². The third-order valence-corrected chi connectivity index (χ3v) is 5.73. The van der Waals surface area contributed by atoms with Crippen LogP contribution in [0.2, 0.25) is 0 Å². The maximum Gasteiger partial charge on any atom is 0.331 e. The van der Waals surface area contributed by atoms with E-state index in [2.05, 4.69) is 6.58 Å². The van der Waals surface area contributed by atoms with Gasteiger partial charge in [0, 0.05) is 23.0 Å². The Labute approximate surface area is 188 Å². The molecule has 32 heavy (non-hydrogen) atoms. The molecule has 6 heteroatoms. The summed E-state index contributed by atoms with van der Waals surface area (Å²) in [4.78, 5) is 24.4. The van der Waals surface area contributed by atoms with Crippen molar-refractivity contribution in [1.29, 1.82) is 0 Å². The molecule has 0 amide bonds. The Bertz CT molecular complexity index is 974. The molecule has 0 heterocycles. The number of nitrogen functional groups attached to an aromatic ring is 2. The topological polar surface area (TPSA) is 105 Å². The number of hydrogen-bond acceptors (Lipinski definition) is 6. The van der Waals surface area contributed by atoms with Crippen molar-refractivity contribution in [2.45, 2.75) is 38.7 Å². The van der Waals surface area contributed by atoms with Crippen molar-refractivity contribution in [3.63, 3.8) is 0 Å². The van der Waals surface area contributed by atoms with Gasteiger partial charge in [-0.25, -0.2) is 4.79 Å². The highest BCUT2D eigenvalue weighted by Crippen LogP contribution is 2.32. The number of carbonyl (C=O) groups is 2. The summed E-state index contributed by atoms with van der Waals surface area (Å²) < 4.78 is 10.8. The zero-order valence-corrected chi connectivity index (χ0v) is 18.2. The van der Waals surface area contributed by atoms with Crippen molar-refractivity contribution in [2.75, 3.05) is 11.5 Å². The molecule has 1 fully saturated rings. The van der Waals surface area contributed by atoms with Gasteiger partial charge in [-0.15, -0.1) is 6.58 Å². The Morgan fingerprint density at radius 2 is 1.75 bits per heavy atom. The van der Waals surface area contributed by atoms with E-state index in [4.69, 9.17) is 20.9 Å². The molecule has 168 valence electrons. The average molecular weight is 435 g/mol. The molecule has 0 spiro atoms. The fourth-order valence-electron chi connectivity index (χ4n) is 3.83. The minimum absolute atomic E-state index is 0.0422. The van der Waals surface area contributed by atoms with Crippen molar-refractivity contribution in [3.05, 3.63) is 72.3 Å². The summed E-state index contributed by atoms with van der Waals surface area (Å²) >= 11 is 0. The number of allylic oxidation sites excluding steroid dienone is 1. The molecule has 0 aromatic heterocycles. The first-order chi connectivity index (χ1) is 15.4. The zero-order valence-electron chi connectivity index (χ0n) is 18.2. The van der Waals surface area contributed by atoms with E-state index in [-0.39, 0.29) is 18.5 Å². The number of hydrogen-bond donors (Lipinski definition) is 2. The highest BCUT2D eigenvalue weighted by atomic mass is 16.5. The molecule has 6 nitrogen and oxygen atoms in total. The Hall–Kier alpha value is -3.54. The van der Waals surface area contributed by atoms with Gasteiger partial charge in [-0.1, -0.05) is 18.2 Å². The Morgan fingerprint density at radius 3 is 2.44 bits per heavy atom. The Balaban J connectivity index is 1.46. The van der Waals surface area contributed by atoms with Crippen LogP contribution in [0.1, 0.15) is 43.2 Å². The maximum atomic E-state index is 12.4. The maximum absolute atomic E-state index is 12.4. The van der Waals surface area contributed by atoms with Crippen LogP contribution < -0.4 is 16.2 Å². The minimum Gasteiger partial charge on any atom is -0.458 e. The number of anilines is 2. The monoisotopic (exact) mass is 434 g/mol. The van der Waals surface area contributed by atoms with E-state index in [1.807, 2.05) is 6.08 Å². The predicted molar refractivity (Wildman–Crippen MR) is 126 cm³/mol. The van der Waals surface area contributed by atoms with Crippen LogP contribution in [0.3, 0.4) is 0 Å². The van der Waals surface area contributed by atoms with Gasteiger partial charge >= 0.3 is 11.9 Å². The second-order valence-corrected chi connectivity index (χ2v) is 8.13. The van der Waals surface area contributed by atoms with E-state index < -0.39 is 5.97 Å². The number of ether oxygens (including phenoxy) is 2. The van der Waals surface area contributed by atoms with Gasteiger partial charge in [0.15, 0.2) is 0 Å². The van der Waals surface area contributed by atoms with E-state index >= 15 is 0 Å². The van der Waals surface area contributed by atoms with Crippen LogP contribution in [0.4, 0.5) is 11.4 Å². The molecule has 0 atom stereocenters. The normalized spacial score (nSPS) is 18.2.